The van der Waals surface area contributed by atoms with Gasteiger partial charge in [-0.2, -0.15) is 0 Å². The number of hydrogen-bond donors (Lipinski definition) is 1. The van der Waals surface area contributed by atoms with Crippen LogP contribution in [0.2, 0.25) is 0 Å². The molecule has 2 aliphatic rings. The van der Waals surface area contributed by atoms with Gasteiger partial charge in [0.1, 0.15) is 5.82 Å². The topological polar surface area (TPSA) is 75.3 Å². The molecule has 1 atom stereocenters. The molecule has 0 aromatic carbocycles. The van der Waals surface area contributed by atoms with Crippen LogP contribution in [0.15, 0.2) is 42.7 Å². The van der Waals surface area contributed by atoms with E-state index >= 15 is 0 Å². The van der Waals surface area contributed by atoms with Crippen LogP contribution in [0.1, 0.15) is 36.9 Å². The van der Waals surface area contributed by atoms with Crippen LogP contribution in [0.3, 0.4) is 0 Å². The number of amides is 1. The molecule has 2 saturated heterocycles. The Hall–Kier alpha value is -2.47. The molecule has 1 amide bonds. The SMILES string of the molecule is Nc1ncccc1CN1CCC[C@]2(CCC(=O)N(CCc3ccccn3)C2)C1. The van der Waals surface area contributed by atoms with Crippen molar-refractivity contribution in [2.45, 2.75) is 38.6 Å². The average molecular weight is 380 g/mol. The van der Waals surface area contributed by atoms with Gasteiger partial charge in [0.2, 0.25) is 5.91 Å². The van der Waals surface area contributed by atoms with E-state index in [9.17, 15) is 4.79 Å². The summed E-state index contributed by atoms with van der Waals surface area (Å²) in [5, 5.41) is 0. The fourth-order valence-corrected chi connectivity index (χ4v) is 4.71. The molecule has 6 nitrogen and oxygen atoms in total. The summed E-state index contributed by atoms with van der Waals surface area (Å²) in [6, 6.07) is 9.98. The Morgan fingerprint density at radius 2 is 1.96 bits per heavy atom. The molecule has 0 radical (unpaired) electrons. The molecule has 28 heavy (non-hydrogen) atoms. The number of hydrogen-bond acceptors (Lipinski definition) is 5. The van der Waals surface area contributed by atoms with E-state index in [-0.39, 0.29) is 11.3 Å². The number of pyridine rings is 2. The van der Waals surface area contributed by atoms with Crippen molar-refractivity contribution in [2.24, 2.45) is 5.41 Å². The van der Waals surface area contributed by atoms with Crippen LogP contribution in [-0.4, -0.2) is 51.9 Å². The molecule has 4 rings (SSSR count). The van der Waals surface area contributed by atoms with E-state index in [0.717, 1.165) is 56.8 Å². The number of carbonyl (C=O) groups is 1. The molecular formula is C22H29N5O. The number of likely N-dealkylation sites (tertiary alicyclic amines) is 2. The van der Waals surface area contributed by atoms with Gasteiger partial charge in [0.25, 0.3) is 0 Å². The molecule has 4 heterocycles. The highest BCUT2D eigenvalue weighted by Gasteiger charge is 2.41. The van der Waals surface area contributed by atoms with E-state index < -0.39 is 0 Å². The number of piperidine rings is 2. The van der Waals surface area contributed by atoms with E-state index in [1.165, 1.54) is 12.8 Å². The first-order chi connectivity index (χ1) is 13.6. The van der Waals surface area contributed by atoms with Crippen LogP contribution in [0, 0.1) is 5.41 Å². The minimum absolute atomic E-state index is 0.202. The molecule has 2 fully saturated rings. The van der Waals surface area contributed by atoms with Crippen molar-refractivity contribution in [3.8, 4) is 0 Å². The van der Waals surface area contributed by atoms with Crippen molar-refractivity contribution < 1.29 is 4.79 Å². The summed E-state index contributed by atoms with van der Waals surface area (Å²) in [7, 11) is 0. The summed E-state index contributed by atoms with van der Waals surface area (Å²) in [6.45, 7) is 4.56. The van der Waals surface area contributed by atoms with Crippen LogP contribution < -0.4 is 5.73 Å². The Labute approximate surface area is 166 Å². The highest BCUT2D eigenvalue weighted by Crippen LogP contribution is 2.39. The van der Waals surface area contributed by atoms with E-state index in [1.54, 1.807) is 6.20 Å². The standard InChI is InChI=1S/C22H29N5O/c23-21-18(5-3-12-25-21)15-26-13-4-9-22(16-26)10-7-20(28)27(17-22)14-8-19-6-1-2-11-24-19/h1-3,5-6,11-12H,4,7-10,13-17H2,(H2,23,25)/t22-/m0/s1. The lowest BCUT2D eigenvalue weighted by Gasteiger charge is -2.48. The Morgan fingerprint density at radius 3 is 2.79 bits per heavy atom. The lowest BCUT2D eigenvalue weighted by Crippen LogP contribution is -2.54. The Balaban J connectivity index is 1.40. The highest BCUT2D eigenvalue weighted by molar-refractivity contribution is 5.77. The summed E-state index contributed by atoms with van der Waals surface area (Å²) in [4.78, 5) is 25.7. The Kier molecular flexibility index (Phi) is 5.57. The lowest BCUT2D eigenvalue weighted by molar-refractivity contribution is -0.139. The highest BCUT2D eigenvalue weighted by atomic mass is 16.2. The summed E-state index contributed by atoms with van der Waals surface area (Å²) >= 11 is 0. The minimum atomic E-state index is 0.202. The summed E-state index contributed by atoms with van der Waals surface area (Å²) in [6.07, 6.45) is 8.39. The van der Waals surface area contributed by atoms with E-state index in [2.05, 4.69) is 25.8 Å². The van der Waals surface area contributed by atoms with Crippen molar-refractivity contribution in [2.75, 3.05) is 31.9 Å². The van der Waals surface area contributed by atoms with Crippen molar-refractivity contribution in [3.05, 3.63) is 54.0 Å². The van der Waals surface area contributed by atoms with Crippen LogP contribution in [0.5, 0.6) is 0 Å². The largest absolute Gasteiger partial charge is 0.383 e. The lowest BCUT2D eigenvalue weighted by atomic mass is 9.73. The number of nitrogens with zero attached hydrogens (tertiary/aromatic N) is 4. The molecule has 0 saturated carbocycles. The van der Waals surface area contributed by atoms with E-state index in [4.69, 9.17) is 5.73 Å². The van der Waals surface area contributed by atoms with Gasteiger partial charge < -0.3 is 10.6 Å². The zero-order valence-electron chi connectivity index (χ0n) is 16.4. The van der Waals surface area contributed by atoms with Gasteiger partial charge in [-0.15, -0.1) is 0 Å². The van der Waals surface area contributed by atoms with Crippen molar-refractivity contribution in [3.63, 3.8) is 0 Å². The maximum absolute atomic E-state index is 12.5. The maximum Gasteiger partial charge on any atom is 0.222 e. The van der Waals surface area contributed by atoms with Crippen molar-refractivity contribution in [1.29, 1.82) is 0 Å². The summed E-state index contributed by atoms with van der Waals surface area (Å²) in [5.41, 5.74) is 8.39. The molecular weight excluding hydrogens is 350 g/mol. The first-order valence-electron chi connectivity index (χ1n) is 10.2. The number of aromatic nitrogens is 2. The second-order valence-corrected chi connectivity index (χ2v) is 8.25. The first kappa shape index (κ1) is 18.9. The zero-order chi connectivity index (χ0) is 19.4. The minimum Gasteiger partial charge on any atom is -0.383 e. The number of carbonyl (C=O) groups excluding carboxylic acids is 1. The van der Waals surface area contributed by atoms with Gasteiger partial charge in [-0.3, -0.25) is 14.7 Å². The van der Waals surface area contributed by atoms with Gasteiger partial charge >= 0.3 is 0 Å². The van der Waals surface area contributed by atoms with Crippen LogP contribution in [0.25, 0.3) is 0 Å². The normalized spacial score (nSPS) is 23.3. The van der Waals surface area contributed by atoms with Gasteiger partial charge in [-0.1, -0.05) is 12.1 Å². The first-order valence-corrected chi connectivity index (χ1v) is 10.2. The fraction of sp³-hybridized carbons (Fsp3) is 0.500. The fourth-order valence-electron chi connectivity index (χ4n) is 4.71. The predicted molar refractivity (Wildman–Crippen MR) is 109 cm³/mol. The smallest absolute Gasteiger partial charge is 0.222 e. The van der Waals surface area contributed by atoms with Crippen molar-refractivity contribution in [1.82, 2.24) is 19.8 Å². The van der Waals surface area contributed by atoms with Gasteiger partial charge in [-0.05, 0) is 44.0 Å². The van der Waals surface area contributed by atoms with Gasteiger partial charge in [0.05, 0.1) is 0 Å². The van der Waals surface area contributed by atoms with E-state index in [0.29, 0.717) is 12.2 Å². The molecule has 2 aromatic heterocycles. The molecule has 0 aliphatic carbocycles. The second kappa shape index (κ2) is 8.27. The molecule has 1 spiro atoms. The molecule has 6 heteroatoms. The molecule has 2 N–H and O–H groups in total. The molecule has 0 bridgehead atoms. The molecule has 2 aromatic rings. The van der Waals surface area contributed by atoms with Gasteiger partial charge in [-0.25, -0.2) is 4.98 Å². The second-order valence-electron chi connectivity index (χ2n) is 8.25. The summed E-state index contributed by atoms with van der Waals surface area (Å²) < 4.78 is 0. The predicted octanol–water partition coefficient (Wildman–Crippen LogP) is 2.51. The summed E-state index contributed by atoms with van der Waals surface area (Å²) in [5.74, 6) is 0.910. The van der Waals surface area contributed by atoms with Gasteiger partial charge in [0, 0.05) is 68.1 Å². The average Bonchev–Trinajstić information content (AvgIpc) is 2.72. The number of rotatable bonds is 5. The van der Waals surface area contributed by atoms with Crippen LogP contribution >= 0.6 is 0 Å². The Bertz CT molecular complexity index is 812. The quantitative estimate of drug-likeness (QED) is 0.864. The monoisotopic (exact) mass is 379 g/mol. The third kappa shape index (κ3) is 4.33. The third-order valence-corrected chi connectivity index (χ3v) is 6.17. The number of nitrogens with two attached hydrogens (primary N) is 1. The van der Waals surface area contributed by atoms with Crippen LogP contribution in [-0.2, 0) is 17.8 Å². The number of anilines is 1. The molecule has 0 unspecified atom stereocenters. The van der Waals surface area contributed by atoms with Crippen molar-refractivity contribution >= 4 is 11.7 Å². The number of nitrogen functional groups attached to an aromatic ring is 1. The van der Waals surface area contributed by atoms with E-state index in [1.807, 2.05) is 30.5 Å². The molecule has 148 valence electrons. The Morgan fingerprint density at radius 1 is 1.07 bits per heavy atom. The third-order valence-electron chi connectivity index (χ3n) is 6.17. The van der Waals surface area contributed by atoms with Gasteiger partial charge in [0.15, 0.2) is 0 Å². The van der Waals surface area contributed by atoms with Crippen LogP contribution in [0.4, 0.5) is 5.82 Å². The zero-order valence-corrected chi connectivity index (χ0v) is 16.4. The molecule has 2 aliphatic heterocycles. The maximum atomic E-state index is 12.5.